The van der Waals surface area contributed by atoms with E-state index < -0.39 is 0 Å². The van der Waals surface area contributed by atoms with Crippen molar-refractivity contribution in [2.24, 2.45) is 0 Å². The highest BCUT2D eigenvalue weighted by atomic mass is 32.1. The van der Waals surface area contributed by atoms with Crippen LogP contribution in [0.4, 0.5) is 17.1 Å². The zero-order chi connectivity index (χ0) is 11.7. The van der Waals surface area contributed by atoms with E-state index in [1.165, 1.54) is 0 Å². The molecule has 0 atom stereocenters. The summed E-state index contributed by atoms with van der Waals surface area (Å²) in [6.07, 6.45) is 1.79. The summed E-state index contributed by atoms with van der Waals surface area (Å²) in [7, 11) is 0. The van der Waals surface area contributed by atoms with Gasteiger partial charge >= 0.3 is 0 Å². The summed E-state index contributed by atoms with van der Waals surface area (Å²) in [5.41, 5.74) is 9.54. The summed E-state index contributed by atoms with van der Waals surface area (Å²) in [5.74, 6) is 0. The first-order valence-corrected chi connectivity index (χ1v) is 6.21. The maximum Gasteiger partial charge on any atom is 0.0743 e. The molecule has 84 valence electrons. The number of aromatic nitrogens is 1. The van der Waals surface area contributed by atoms with Gasteiger partial charge in [0.1, 0.15) is 0 Å². The Balaban J connectivity index is 2.10. The van der Waals surface area contributed by atoms with Crippen molar-refractivity contribution >= 4 is 39.3 Å². The van der Waals surface area contributed by atoms with Crippen molar-refractivity contribution in [3.8, 4) is 0 Å². The zero-order valence-corrected chi connectivity index (χ0v) is 9.87. The van der Waals surface area contributed by atoms with Crippen molar-refractivity contribution in [1.29, 1.82) is 0 Å². The van der Waals surface area contributed by atoms with Crippen LogP contribution >= 0.6 is 11.3 Å². The lowest BCUT2D eigenvalue weighted by molar-refractivity contribution is 1.41. The molecule has 2 heterocycles. The molecule has 1 aromatic carbocycles. The number of hydrogen-bond donors (Lipinski definition) is 2. The molecule has 0 saturated carbocycles. The molecule has 0 aliphatic rings. The number of rotatable bonds is 2. The molecule has 2 aromatic heterocycles. The van der Waals surface area contributed by atoms with Crippen LogP contribution < -0.4 is 11.1 Å². The highest BCUT2D eigenvalue weighted by Gasteiger charge is 2.02. The first-order chi connectivity index (χ1) is 8.33. The van der Waals surface area contributed by atoms with Gasteiger partial charge < -0.3 is 11.1 Å². The standard InChI is InChI=1S/C13H11N3S/c14-9-1-2-11-12(3-5-15-13(11)7-9)16-10-4-6-17-8-10/h1-8H,14H2,(H,15,16). The van der Waals surface area contributed by atoms with Gasteiger partial charge in [0.15, 0.2) is 0 Å². The third-order valence-electron chi connectivity index (χ3n) is 2.57. The maximum absolute atomic E-state index is 5.75. The highest BCUT2D eigenvalue weighted by molar-refractivity contribution is 7.08. The van der Waals surface area contributed by atoms with E-state index in [0.717, 1.165) is 28.0 Å². The van der Waals surface area contributed by atoms with Crippen LogP contribution in [0.3, 0.4) is 0 Å². The molecule has 4 heteroatoms. The Kier molecular flexibility index (Phi) is 2.42. The summed E-state index contributed by atoms with van der Waals surface area (Å²) in [6.45, 7) is 0. The SMILES string of the molecule is Nc1ccc2c(Nc3ccsc3)ccnc2c1. The van der Waals surface area contributed by atoms with Crippen LogP contribution in [0.1, 0.15) is 0 Å². The van der Waals surface area contributed by atoms with Crippen molar-refractivity contribution in [2.45, 2.75) is 0 Å². The molecule has 3 N–H and O–H groups in total. The van der Waals surface area contributed by atoms with E-state index in [0.29, 0.717) is 0 Å². The van der Waals surface area contributed by atoms with Crippen LogP contribution in [-0.4, -0.2) is 4.98 Å². The number of fused-ring (bicyclic) bond motifs is 1. The first-order valence-electron chi connectivity index (χ1n) is 5.26. The fraction of sp³-hybridized carbons (Fsp3) is 0. The Morgan fingerprint density at radius 3 is 2.94 bits per heavy atom. The third kappa shape index (κ3) is 1.94. The van der Waals surface area contributed by atoms with Gasteiger partial charge in [-0.15, -0.1) is 0 Å². The quantitative estimate of drug-likeness (QED) is 0.674. The molecule has 0 aliphatic heterocycles. The average Bonchev–Trinajstić information content (AvgIpc) is 2.82. The second kappa shape index (κ2) is 4.07. The number of nitrogens with two attached hydrogens (primary N) is 1. The molecule has 0 fully saturated rings. The van der Waals surface area contributed by atoms with Gasteiger partial charge in [-0.25, -0.2) is 0 Å². The third-order valence-corrected chi connectivity index (χ3v) is 3.25. The summed E-state index contributed by atoms with van der Waals surface area (Å²) >= 11 is 1.67. The summed E-state index contributed by atoms with van der Waals surface area (Å²) in [4.78, 5) is 4.31. The van der Waals surface area contributed by atoms with Crippen LogP contribution in [0.5, 0.6) is 0 Å². The summed E-state index contributed by atoms with van der Waals surface area (Å²) in [6, 6.07) is 9.79. The lowest BCUT2D eigenvalue weighted by Gasteiger charge is -2.08. The fourth-order valence-electron chi connectivity index (χ4n) is 1.77. The Morgan fingerprint density at radius 1 is 1.18 bits per heavy atom. The van der Waals surface area contributed by atoms with Crippen LogP contribution in [0.2, 0.25) is 0 Å². The van der Waals surface area contributed by atoms with Gasteiger partial charge in [-0.3, -0.25) is 4.98 Å². The van der Waals surface area contributed by atoms with Crippen LogP contribution in [0.25, 0.3) is 10.9 Å². The van der Waals surface area contributed by atoms with Gasteiger partial charge in [0, 0.05) is 34.0 Å². The largest absolute Gasteiger partial charge is 0.399 e. The molecule has 0 bridgehead atoms. The zero-order valence-electron chi connectivity index (χ0n) is 9.05. The van der Waals surface area contributed by atoms with E-state index in [1.807, 2.05) is 35.7 Å². The minimum atomic E-state index is 0.734. The van der Waals surface area contributed by atoms with Crippen LogP contribution in [0, 0.1) is 0 Å². The van der Waals surface area contributed by atoms with Crippen LogP contribution in [-0.2, 0) is 0 Å². The lowest BCUT2D eigenvalue weighted by Crippen LogP contribution is -1.92. The number of anilines is 3. The molecule has 0 aliphatic carbocycles. The molecule has 3 nitrogen and oxygen atoms in total. The minimum Gasteiger partial charge on any atom is -0.399 e. The molecule has 3 rings (SSSR count). The van der Waals surface area contributed by atoms with E-state index in [4.69, 9.17) is 5.73 Å². The summed E-state index contributed by atoms with van der Waals surface area (Å²) < 4.78 is 0. The van der Waals surface area contributed by atoms with Gasteiger partial charge in [0.05, 0.1) is 5.52 Å². The number of pyridine rings is 1. The molecular weight excluding hydrogens is 230 g/mol. The average molecular weight is 241 g/mol. The number of benzene rings is 1. The summed E-state index contributed by atoms with van der Waals surface area (Å²) in [5, 5.41) is 8.57. The maximum atomic E-state index is 5.75. The molecule has 0 amide bonds. The Hall–Kier alpha value is -2.07. The van der Waals surface area contributed by atoms with E-state index in [-0.39, 0.29) is 0 Å². The highest BCUT2D eigenvalue weighted by Crippen LogP contribution is 2.27. The van der Waals surface area contributed by atoms with Crippen molar-refractivity contribution in [2.75, 3.05) is 11.1 Å². The molecule has 0 unspecified atom stereocenters. The second-order valence-electron chi connectivity index (χ2n) is 3.77. The molecule has 3 aromatic rings. The Morgan fingerprint density at radius 2 is 2.12 bits per heavy atom. The molecule has 0 spiro atoms. The normalized spacial score (nSPS) is 10.6. The Labute approximate surface area is 103 Å². The van der Waals surface area contributed by atoms with Gasteiger partial charge in [-0.2, -0.15) is 11.3 Å². The van der Waals surface area contributed by atoms with Gasteiger partial charge in [-0.05, 0) is 35.7 Å². The molecule has 0 saturated heterocycles. The monoisotopic (exact) mass is 241 g/mol. The van der Waals surface area contributed by atoms with Crippen molar-refractivity contribution in [1.82, 2.24) is 4.98 Å². The first kappa shape index (κ1) is 10.1. The molecular formula is C13H11N3S. The second-order valence-corrected chi connectivity index (χ2v) is 4.55. The number of hydrogen-bond acceptors (Lipinski definition) is 4. The van der Waals surface area contributed by atoms with E-state index in [1.54, 1.807) is 17.5 Å². The Bertz CT molecular complexity index is 647. The molecule has 0 radical (unpaired) electrons. The van der Waals surface area contributed by atoms with Gasteiger partial charge in [0.2, 0.25) is 0 Å². The van der Waals surface area contributed by atoms with Crippen molar-refractivity contribution in [3.05, 3.63) is 47.3 Å². The van der Waals surface area contributed by atoms with Gasteiger partial charge in [0.25, 0.3) is 0 Å². The smallest absolute Gasteiger partial charge is 0.0743 e. The van der Waals surface area contributed by atoms with Gasteiger partial charge in [-0.1, -0.05) is 0 Å². The van der Waals surface area contributed by atoms with E-state index in [2.05, 4.69) is 15.7 Å². The lowest BCUT2D eigenvalue weighted by atomic mass is 10.1. The number of nitrogen functional groups attached to an aromatic ring is 1. The van der Waals surface area contributed by atoms with E-state index in [9.17, 15) is 0 Å². The van der Waals surface area contributed by atoms with E-state index >= 15 is 0 Å². The van der Waals surface area contributed by atoms with Crippen LogP contribution in [0.15, 0.2) is 47.3 Å². The van der Waals surface area contributed by atoms with Crippen molar-refractivity contribution < 1.29 is 0 Å². The topological polar surface area (TPSA) is 50.9 Å². The number of thiophene rings is 1. The minimum absolute atomic E-state index is 0.734. The number of nitrogens with zero attached hydrogens (tertiary/aromatic N) is 1. The number of nitrogens with one attached hydrogen (secondary N) is 1. The van der Waals surface area contributed by atoms with Crippen molar-refractivity contribution in [3.63, 3.8) is 0 Å². The predicted octanol–water partition coefficient (Wildman–Crippen LogP) is 3.62. The predicted molar refractivity (Wildman–Crippen MR) is 73.8 cm³/mol. The molecule has 17 heavy (non-hydrogen) atoms. The fourth-order valence-corrected chi connectivity index (χ4v) is 2.35.